The third-order valence-electron chi connectivity index (χ3n) is 5.61. The molecule has 2 rings (SSSR count). The molecule has 2 heteroatoms. The van der Waals surface area contributed by atoms with Crippen molar-refractivity contribution in [1.82, 2.24) is 0 Å². The highest BCUT2D eigenvalue weighted by molar-refractivity contribution is 5.79. The molecule has 0 amide bonds. The van der Waals surface area contributed by atoms with Crippen molar-refractivity contribution in [2.75, 3.05) is 0 Å². The summed E-state index contributed by atoms with van der Waals surface area (Å²) < 4.78 is 0. The summed E-state index contributed by atoms with van der Waals surface area (Å²) in [6.45, 7) is 17.2. The van der Waals surface area contributed by atoms with Crippen molar-refractivity contribution in [3.8, 4) is 5.75 Å². The molecular weight excluding hydrogens is 332 g/mol. The minimum atomic E-state index is 0.128. The zero-order valence-electron chi connectivity index (χ0n) is 18.3. The lowest BCUT2D eigenvalue weighted by Crippen LogP contribution is -2.24. The maximum absolute atomic E-state index is 11.3. The van der Waals surface area contributed by atoms with E-state index in [-0.39, 0.29) is 11.2 Å². The summed E-state index contributed by atoms with van der Waals surface area (Å²) in [5.74, 6) is 0.711. The van der Waals surface area contributed by atoms with Crippen LogP contribution in [0.15, 0.2) is 30.3 Å². The number of aromatic hydroxyl groups is 1. The summed E-state index contributed by atoms with van der Waals surface area (Å²) in [6.07, 6.45) is 2.52. The van der Waals surface area contributed by atoms with E-state index in [9.17, 15) is 9.90 Å². The van der Waals surface area contributed by atoms with E-state index in [0.29, 0.717) is 11.5 Å². The summed E-state index contributed by atoms with van der Waals surface area (Å²) in [7, 11) is 0. The molecule has 0 radical (unpaired) electrons. The van der Waals surface area contributed by atoms with E-state index in [1.54, 1.807) is 12.1 Å². The van der Waals surface area contributed by atoms with Crippen molar-refractivity contribution in [3.63, 3.8) is 0 Å². The molecule has 0 atom stereocenters. The molecule has 0 aromatic heterocycles. The number of phenols is 1. The third kappa shape index (κ3) is 5.69. The minimum Gasteiger partial charge on any atom is -0.508 e. The average Bonchev–Trinajstić information content (AvgIpc) is 2.61. The van der Waals surface area contributed by atoms with Gasteiger partial charge in [-0.1, -0.05) is 65.3 Å². The van der Waals surface area contributed by atoms with Crippen molar-refractivity contribution in [2.24, 2.45) is 5.92 Å². The van der Waals surface area contributed by atoms with Gasteiger partial charge in [0.05, 0.1) is 0 Å². The van der Waals surface area contributed by atoms with E-state index in [1.165, 1.54) is 16.7 Å². The lowest BCUT2D eigenvalue weighted by atomic mass is 9.74. The van der Waals surface area contributed by atoms with Crippen LogP contribution in [0.5, 0.6) is 5.75 Å². The molecule has 27 heavy (non-hydrogen) atoms. The van der Waals surface area contributed by atoms with E-state index < -0.39 is 0 Å². The Bertz CT molecular complexity index is 770. The number of carbonyl (C=O) groups is 1. The lowest BCUT2D eigenvalue weighted by molar-refractivity contribution is 0.112. The molecule has 0 aliphatic rings. The molecule has 0 saturated heterocycles. The van der Waals surface area contributed by atoms with Gasteiger partial charge in [-0.05, 0) is 72.4 Å². The Labute approximate surface area is 165 Å². The summed E-state index contributed by atoms with van der Waals surface area (Å²) in [5.41, 5.74) is 6.66. The number of aldehydes is 1. The monoisotopic (exact) mass is 368 g/mol. The largest absolute Gasteiger partial charge is 0.508 e. The van der Waals surface area contributed by atoms with Crippen molar-refractivity contribution in [3.05, 3.63) is 63.7 Å². The quantitative estimate of drug-likeness (QED) is 0.586. The summed E-state index contributed by atoms with van der Waals surface area (Å²) in [5, 5.41) is 9.69. The van der Waals surface area contributed by atoms with Gasteiger partial charge in [0.25, 0.3) is 0 Å². The molecule has 148 valence electrons. The van der Waals surface area contributed by atoms with Gasteiger partial charge in [-0.3, -0.25) is 4.79 Å². The molecule has 2 aromatic carbocycles. The lowest BCUT2D eigenvalue weighted by Gasteiger charge is -2.30. The molecule has 0 aliphatic carbocycles. The predicted octanol–water partition coefficient (Wildman–Crippen LogP) is 6.57. The molecule has 1 N–H and O–H groups in total. The Balaban J connectivity index is 0.00000176. The van der Waals surface area contributed by atoms with Crippen LogP contribution in [0.1, 0.15) is 79.7 Å². The highest BCUT2D eigenvalue weighted by atomic mass is 16.3. The molecule has 2 nitrogen and oxygen atoms in total. The minimum absolute atomic E-state index is 0.128. The first-order valence-corrected chi connectivity index (χ1v) is 10.0. The number of aryl methyl sites for hydroxylation is 3. The van der Waals surface area contributed by atoms with Gasteiger partial charge in [-0.2, -0.15) is 0 Å². The fraction of sp³-hybridized carbons (Fsp3) is 0.480. The van der Waals surface area contributed by atoms with Crippen LogP contribution in [0.4, 0.5) is 0 Å². The molecule has 2 aromatic rings. The van der Waals surface area contributed by atoms with Gasteiger partial charge in [-0.15, -0.1) is 0 Å². The van der Waals surface area contributed by atoms with E-state index >= 15 is 0 Å². The molecular formula is C25H36O2. The van der Waals surface area contributed by atoms with Gasteiger partial charge >= 0.3 is 0 Å². The molecule has 0 unspecified atom stereocenters. The number of phenolic OH excluding ortho intramolecular Hbond substituents is 1. The summed E-state index contributed by atoms with van der Waals surface area (Å²) in [6, 6.07) is 10.1. The van der Waals surface area contributed by atoms with Crippen LogP contribution in [-0.2, 0) is 18.3 Å². The second-order valence-corrected chi connectivity index (χ2v) is 8.03. The van der Waals surface area contributed by atoms with Gasteiger partial charge < -0.3 is 5.11 Å². The van der Waals surface area contributed by atoms with Gasteiger partial charge in [-0.25, -0.2) is 0 Å². The molecule has 0 fully saturated rings. The van der Waals surface area contributed by atoms with Crippen LogP contribution in [-0.4, -0.2) is 11.4 Å². The van der Waals surface area contributed by atoms with Crippen molar-refractivity contribution < 1.29 is 9.90 Å². The first kappa shape index (κ1) is 23.0. The second kappa shape index (κ2) is 9.73. The SMILES string of the molecule is CC.Cc1cc(CCc2c(C)cc(O)cc2C=O)cc(C(C)(C)C(C)C)c1. The van der Waals surface area contributed by atoms with E-state index in [4.69, 9.17) is 0 Å². The van der Waals surface area contributed by atoms with Crippen LogP contribution in [0.25, 0.3) is 0 Å². The van der Waals surface area contributed by atoms with Crippen LogP contribution < -0.4 is 0 Å². The molecule has 0 saturated carbocycles. The average molecular weight is 369 g/mol. The number of hydrogen-bond acceptors (Lipinski definition) is 2. The molecule has 0 bridgehead atoms. The first-order valence-electron chi connectivity index (χ1n) is 10.0. The summed E-state index contributed by atoms with van der Waals surface area (Å²) >= 11 is 0. The maximum atomic E-state index is 11.3. The van der Waals surface area contributed by atoms with E-state index in [2.05, 4.69) is 52.8 Å². The highest BCUT2D eigenvalue weighted by Crippen LogP contribution is 2.33. The topological polar surface area (TPSA) is 37.3 Å². The van der Waals surface area contributed by atoms with Gasteiger partial charge in [0.15, 0.2) is 0 Å². The zero-order valence-corrected chi connectivity index (χ0v) is 18.3. The van der Waals surface area contributed by atoms with Gasteiger partial charge in [0.2, 0.25) is 0 Å². The zero-order chi connectivity index (χ0) is 20.8. The maximum Gasteiger partial charge on any atom is 0.150 e. The third-order valence-corrected chi connectivity index (χ3v) is 5.61. The van der Waals surface area contributed by atoms with Crippen molar-refractivity contribution >= 4 is 6.29 Å². The Hall–Kier alpha value is -2.09. The van der Waals surface area contributed by atoms with Crippen LogP contribution in [0.2, 0.25) is 0 Å². The number of carbonyl (C=O) groups excluding carboxylic acids is 1. The Morgan fingerprint density at radius 2 is 1.63 bits per heavy atom. The summed E-state index contributed by atoms with van der Waals surface area (Å²) in [4.78, 5) is 11.3. The van der Waals surface area contributed by atoms with E-state index in [1.807, 2.05) is 20.8 Å². The molecule has 0 spiro atoms. The Morgan fingerprint density at radius 3 is 2.19 bits per heavy atom. The molecule has 0 heterocycles. The van der Waals surface area contributed by atoms with Gasteiger partial charge in [0.1, 0.15) is 12.0 Å². The predicted molar refractivity (Wildman–Crippen MR) is 116 cm³/mol. The van der Waals surface area contributed by atoms with Crippen molar-refractivity contribution in [2.45, 2.75) is 73.6 Å². The van der Waals surface area contributed by atoms with E-state index in [0.717, 1.165) is 30.3 Å². The standard InChI is InChI=1S/C23H30O2.C2H6/c1-15(2)23(5,6)20-10-16(3)9-18(12-20)7-8-22-17(4)11-21(25)13-19(22)14-24;1-2/h9-15,25H,7-8H2,1-6H3;1-2H3. The highest BCUT2D eigenvalue weighted by Gasteiger charge is 2.25. The fourth-order valence-corrected chi connectivity index (χ4v) is 3.25. The van der Waals surface area contributed by atoms with Crippen LogP contribution >= 0.6 is 0 Å². The number of benzene rings is 2. The Morgan fingerprint density at radius 1 is 1.00 bits per heavy atom. The molecule has 0 aliphatic heterocycles. The normalized spacial score (nSPS) is 11.1. The number of rotatable bonds is 6. The van der Waals surface area contributed by atoms with Crippen molar-refractivity contribution in [1.29, 1.82) is 0 Å². The second-order valence-electron chi connectivity index (χ2n) is 8.03. The fourth-order valence-electron chi connectivity index (χ4n) is 3.25. The number of hydrogen-bond donors (Lipinski definition) is 1. The Kier molecular flexibility index (Phi) is 8.27. The van der Waals surface area contributed by atoms with Crippen LogP contribution in [0.3, 0.4) is 0 Å². The smallest absolute Gasteiger partial charge is 0.150 e. The van der Waals surface area contributed by atoms with Crippen LogP contribution in [0, 0.1) is 19.8 Å². The first-order chi connectivity index (χ1) is 12.6. The van der Waals surface area contributed by atoms with Gasteiger partial charge in [0, 0.05) is 5.56 Å².